The summed E-state index contributed by atoms with van der Waals surface area (Å²) in [6.45, 7) is 2.90. The molecule has 112 valence electrons. The molecule has 0 aliphatic heterocycles. The first-order chi connectivity index (χ1) is 10.2. The van der Waals surface area contributed by atoms with Gasteiger partial charge >= 0.3 is 0 Å². The summed E-state index contributed by atoms with van der Waals surface area (Å²) in [7, 11) is 0. The van der Waals surface area contributed by atoms with Crippen LogP contribution in [0.5, 0.6) is 0 Å². The number of aryl methyl sites for hydroxylation is 2. The van der Waals surface area contributed by atoms with Gasteiger partial charge in [0.2, 0.25) is 0 Å². The Morgan fingerprint density at radius 2 is 2.05 bits per heavy atom. The van der Waals surface area contributed by atoms with Crippen LogP contribution in [0.4, 0.5) is 0 Å². The highest BCUT2D eigenvalue weighted by Gasteiger charge is 2.37. The minimum absolute atomic E-state index is 0.105. The lowest BCUT2D eigenvalue weighted by atomic mass is 9.87. The standard InChI is InChI=1S/C17H23N3O/c1-14-9-11-20(19-14)12-10-17(13-21,18-16-7-8-16)15-5-3-2-4-6-15/h2-6,9,11,16,18,21H,7-8,10,12-13H2,1H3. The van der Waals surface area contributed by atoms with E-state index in [1.807, 2.05) is 42.1 Å². The summed E-state index contributed by atoms with van der Waals surface area (Å²) in [4.78, 5) is 0. The third-order valence-electron chi connectivity index (χ3n) is 4.20. The van der Waals surface area contributed by atoms with Crippen LogP contribution >= 0.6 is 0 Å². The Hall–Kier alpha value is -1.65. The van der Waals surface area contributed by atoms with Crippen LogP contribution in [-0.4, -0.2) is 27.5 Å². The SMILES string of the molecule is Cc1ccn(CCC(CO)(NC2CC2)c2ccccc2)n1. The van der Waals surface area contributed by atoms with E-state index in [0.29, 0.717) is 6.04 Å². The fraction of sp³-hybridized carbons (Fsp3) is 0.471. The first kappa shape index (κ1) is 14.3. The van der Waals surface area contributed by atoms with Gasteiger partial charge in [-0.3, -0.25) is 4.68 Å². The number of benzene rings is 1. The molecule has 0 spiro atoms. The van der Waals surface area contributed by atoms with Crippen LogP contribution in [0.15, 0.2) is 42.6 Å². The zero-order valence-electron chi connectivity index (χ0n) is 12.5. The van der Waals surface area contributed by atoms with Crippen LogP contribution in [0.2, 0.25) is 0 Å². The molecule has 1 unspecified atom stereocenters. The third kappa shape index (κ3) is 3.34. The number of aromatic nitrogens is 2. The number of nitrogens with zero attached hydrogens (tertiary/aromatic N) is 2. The number of hydrogen-bond acceptors (Lipinski definition) is 3. The van der Waals surface area contributed by atoms with E-state index in [2.05, 4.69) is 22.5 Å². The fourth-order valence-electron chi connectivity index (χ4n) is 2.78. The molecule has 0 saturated heterocycles. The van der Waals surface area contributed by atoms with Gasteiger partial charge in [0.15, 0.2) is 0 Å². The number of nitrogens with one attached hydrogen (secondary N) is 1. The molecule has 1 saturated carbocycles. The van der Waals surface area contributed by atoms with Crippen molar-refractivity contribution in [2.45, 2.75) is 44.3 Å². The quantitative estimate of drug-likeness (QED) is 0.820. The van der Waals surface area contributed by atoms with Gasteiger partial charge in [-0.15, -0.1) is 0 Å². The van der Waals surface area contributed by atoms with Gasteiger partial charge in [-0.25, -0.2) is 0 Å². The van der Waals surface area contributed by atoms with E-state index in [9.17, 15) is 5.11 Å². The Morgan fingerprint density at radius 3 is 2.62 bits per heavy atom. The van der Waals surface area contributed by atoms with Crippen LogP contribution < -0.4 is 5.32 Å². The summed E-state index contributed by atoms with van der Waals surface area (Å²) in [5.74, 6) is 0. The maximum Gasteiger partial charge on any atom is 0.0688 e. The van der Waals surface area contributed by atoms with Crippen molar-refractivity contribution in [3.8, 4) is 0 Å². The van der Waals surface area contributed by atoms with Gasteiger partial charge in [-0.05, 0) is 37.8 Å². The van der Waals surface area contributed by atoms with Gasteiger partial charge in [0.25, 0.3) is 0 Å². The monoisotopic (exact) mass is 285 g/mol. The minimum atomic E-state index is -0.373. The maximum atomic E-state index is 10.1. The highest BCUT2D eigenvalue weighted by atomic mass is 16.3. The summed E-state index contributed by atoms with van der Waals surface area (Å²) < 4.78 is 1.96. The topological polar surface area (TPSA) is 50.1 Å². The van der Waals surface area contributed by atoms with Crippen LogP contribution in [0.25, 0.3) is 0 Å². The summed E-state index contributed by atoms with van der Waals surface area (Å²) in [5, 5.41) is 18.2. The molecule has 1 fully saturated rings. The van der Waals surface area contributed by atoms with Crippen LogP contribution in [0.3, 0.4) is 0 Å². The molecule has 4 nitrogen and oxygen atoms in total. The van der Waals surface area contributed by atoms with Crippen molar-refractivity contribution in [1.29, 1.82) is 0 Å². The lowest BCUT2D eigenvalue weighted by Crippen LogP contribution is -2.47. The number of aliphatic hydroxyl groups excluding tert-OH is 1. The molecular weight excluding hydrogens is 262 g/mol. The van der Waals surface area contributed by atoms with E-state index in [-0.39, 0.29) is 12.1 Å². The Bertz CT molecular complexity index is 577. The minimum Gasteiger partial charge on any atom is -0.394 e. The van der Waals surface area contributed by atoms with Gasteiger partial charge in [0.1, 0.15) is 0 Å². The van der Waals surface area contributed by atoms with E-state index in [1.54, 1.807) is 0 Å². The maximum absolute atomic E-state index is 10.1. The smallest absolute Gasteiger partial charge is 0.0688 e. The van der Waals surface area contributed by atoms with Crippen LogP contribution in [0, 0.1) is 6.92 Å². The number of rotatable bonds is 7. The molecule has 1 heterocycles. The van der Waals surface area contributed by atoms with Gasteiger partial charge in [-0.1, -0.05) is 30.3 Å². The molecular formula is C17H23N3O. The third-order valence-corrected chi connectivity index (χ3v) is 4.20. The molecule has 2 N–H and O–H groups in total. The van der Waals surface area contributed by atoms with E-state index in [4.69, 9.17) is 0 Å². The predicted molar refractivity (Wildman–Crippen MR) is 82.9 cm³/mol. The molecule has 0 amide bonds. The van der Waals surface area contributed by atoms with Crippen molar-refractivity contribution in [2.24, 2.45) is 0 Å². The molecule has 0 radical (unpaired) electrons. The highest BCUT2D eigenvalue weighted by Crippen LogP contribution is 2.31. The first-order valence-corrected chi connectivity index (χ1v) is 7.66. The van der Waals surface area contributed by atoms with Crippen molar-refractivity contribution in [3.63, 3.8) is 0 Å². The molecule has 1 atom stereocenters. The van der Waals surface area contributed by atoms with Crippen molar-refractivity contribution in [3.05, 3.63) is 53.9 Å². The summed E-state index contributed by atoms with van der Waals surface area (Å²) in [5.41, 5.74) is 1.81. The largest absolute Gasteiger partial charge is 0.394 e. The van der Waals surface area contributed by atoms with E-state index >= 15 is 0 Å². The molecule has 1 aromatic heterocycles. The molecule has 0 bridgehead atoms. The van der Waals surface area contributed by atoms with E-state index in [0.717, 1.165) is 24.2 Å². The number of hydrogen-bond donors (Lipinski definition) is 2. The second kappa shape index (κ2) is 6.00. The summed E-state index contributed by atoms with van der Waals surface area (Å²) in [6, 6.07) is 12.8. The molecule has 1 aliphatic carbocycles. The molecule has 3 rings (SSSR count). The predicted octanol–water partition coefficient (Wildman–Crippen LogP) is 2.22. The Balaban J connectivity index is 1.80. The summed E-state index contributed by atoms with van der Waals surface area (Å²) in [6.07, 6.45) is 5.23. The van der Waals surface area contributed by atoms with Gasteiger partial charge in [0.05, 0.1) is 17.8 Å². The second-order valence-electron chi connectivity index (χ2n) is 6.00. The lowest BCUT2D eigenvalue weighted by Gasteiger charge is -2.34. The zero-order valence-corrected chi connectivity index (χ0v) is 12.5. The van der Waals surface area contributed by atoms with Crippen molar-refractivity contribution in [2.75, 3.05) is 6.61 Å². The Kier molecular flexibility index (Phi) is 4.08. The summed E-state index contributed by atoms with van der Waals surface area (Å²) >= 11 is 0. The van der Waals surface area contributed by atoms with E-state index < -0.39 is 0 Å². The number of aliphatic hydroxyl groups is 1. The Labute approximate surface area is 125 Å². The Morgan fingerprint density at radius 1 is 1.29 bits per heavy atom. The van der Waals surface area contributed by atoms with Crippen molar-refractivity contribution >= 4 is 0 Å². The fourth-order valence-corrected chi connectivity index (χ4v) is 2.78. The average molecular weight is 285 g/mol. The van der Waals surface area contributed by atoms with Crippen LogP contribution in [-0.2, 0) is 12.1 Å². The van der Waals surface area contributed by atoms with Crippen LogP contribution in [0.1, 0.15) is 30.5 Å². The second-order valence-corrected chi connectivity index (χ2v) is 6.00. The average Bonchev–Trinajstić information content (AvgIpc) is 3.24. The van der Waals surface area contributed by atoms with Gasteiger partial charge in [0, 0.05) is 18.8 Å². The molecule has 4 heteroatoms. The van der Waals surface area contributed by atoms with E-state index in [1.165, 1.54) is 12.8 Å². The highest BCUT2D eigenvalue weighted by molar-refractivity contribution is 5.25. The molecule has 21 heavy (non-hydrogen) atoms. The molecule has 1 aromatic carbocycles. The first-order valence-electron chi connectivity index (χ1n) is 7.66. The molecule has 2 aromatic rings. The van der Waals surface area contributed by atoms with Gasteiger partial charge < -0.3 is 10.4 Å². The van der Waals surface area contributed by atoms with Crippen molar-refractivity contribution in [1.82, 2.24) is 15.1 Å². The van der Waals surface area contributed by atoms with Gasteiger partial charge in [-0.2, -0.15) is 5.10 Å². The lowest BCUT2D eigenvalue weighted by molar-refractivity contribution is 0.142. The normalized spacial score (nSPS) is 17.6. The van der Waals surface area contributed by atoms with Crippen molar-refractivity contribution < 1.29 is 5.11 Å². The zero-order chi connectivity index (χ0) is 14.7. The molecule has 1 aliphatic rings.